The fraction of sp³-hybridized carbons (Fsp3) is 0.882. The first-order valence-corrected chi connectivity index (χ1v) is 8.69. The van der Waals surface area contributed by atoms with Crippen molar-refractivity contribution in [3.8, 4) is 0 Å². The van der Waals surface area contributed by atoms with E-state index >= 15 is 0 Å². The van der Waals surface area contributed by atoms with Crippen LogP contribution in [0.25, 0.3) is 0 Å². The SMILES string of the molecule is CC(=O)N(CCC(=O)NCCCN(C)C)C1CCCCCC1. The number of rotatable bonds is 8. The van der Waals surface area contributed by atoms with Gasteiger partial charge in [0.2, 0.25) is 11.8 Å². The summed E-state index contributed by atoms with van der Waals surface area (Å²) in [6.07, 6.45) is 8.49. The lowest BCUT2D eigenvalue weighted by atomic mass is 10.1. The van der Waals surface area contributed by atoms with E-state index in [0.29, 0.717) is 25.6 Å². The predicted octanol–water partition coefficient (Wildman–Crippen LogP) is 2.02. The van der Waals surface area contributed by atoms with Crippen LogP contribution < -0.4 is 5.32 Å². The molecule has 0 saturated heterocycles. The topological polar surface area (TPSA) is 52.7 Å². The fourth-order valence-electron chi connectivity index (χ4n) is 3.10. The molecule has 1 N–H and O–H groups in total. The third kappa shape index (κ3) is 7.78. The average Bonchev–Trinajstić information content (AvgIpc) is 2.72. The maximum absolute atomic E-state index is 11.9. The molecule has 0 spiro atoms. The Morgan fingerprint density at radius 2 is 1.68 bits per heavy atom. The standard InChI is InChI=1S/C17H33N3O2/c1-15(21)20(16-9-6-4-5-7-10-16)14-11-17(22)18-12-8-13-19(2)3/h16H,4-14H2,1-3H3,(H,18,22). The lowest BCUT2D eigenvalue weighted by Crippen LogP contribution is -2.41. The van der Waals surface area contributed by atoms with Crippen LogP contribution in [0.4, 0.5) is 0 Å². The summed E-state index contributed by atoms with van der Waals surface area (Å²) in [6, 6.07) is 0.335. The van der Waals surface area contributed by atoms with Gasteiger partial charge in [0, 0.05) is 32.5 Å². The van der Waals surface area contributed by atoms with Crippen LogP contribution in [0.3, 0.4) is 0 Å². The lowest BCUT2D eigenvalue weighted by molar-refractivity contribution is -0.132. The van der Waals surface area contributed by atoms with Gasteiger partial charge in [-0.3, -0.25) is 9.59 Å². The van der Waals surface area contributed by atoms with Gasteiger partial charge in [-0.05, 0) is 39.9 Å². The number of nitrogens with zero attached hydrogens (tertiary/aromatic N) is 2. The van der Waals surface area contributed by atoms with E-state index in [1.165, 1.54) is 25.7 Å². The van der Waals surface area contributed by atoms with Crippen LogP contribution in [-0.2, 0) is 9.59 Å². The number of hydrogen-bond donors (Lipinski definition) is 1. The Bertz CT molecular complexity index is 337. The van der Waals surface area contributed by atoms with E-state index in [0.717, 1.165) is 25.8 Å². The highest BCUT2D eigenvalue weighted by atomic mass is 16.2. The second-order valence-corrected chi connectivity index (χ2v) is 6.61. The number of carbonyl (C=O) groups is 2. The molecule has 1 saturated carbocycles. The molecule has 1 aliphatic rings. The highest BCUT2D eigenvalue weighted by molar-refractivity contribution is 5.78. The molecule has 0 atom stereocenters. The van der Waals surface area contributed by atoms with Crippen molar-refractivity contribution in [1.82, 2.24) is 15.1 Å². The second-order valence-electron chi connectivity index (χ2n) is 6.61. The van der Waals surface area contributed by atoms with E-state index in [-0.39, 0.29) is 11.8 Å². The monoisotopic (exact) mass is 311 g/mol. The summed E-state index contributed by atoms with van der Waals surface area (Å²) in [7, 11) is 4.05. The van der Waals surface area contributed by atoms with E-state index in [2.05, 4.69) is 10.2 Å². The van der Waals surface area contributed by atoms with Crippen molar-refractivity contribution < 1.29 is 9.59 Å². The van der Waals surface area contributed by atoms with Gasteiger partial charge in [0.1, 0.15) is 0 Å². The van der Waals surface area contributed by atoms with Crippen molar-refractivity contribution in [2.75, 3.05) is 33.7 Å². The van der Waals surface area contributed by atoms with Crippen LogP contribution in [0.15, 0.2) is 0 Å². The van der Waals surface area contributed by atoms with E-state index in [1.807, 2.05) is 19.0 Å². The van der Waals surface area contributed by atoms with Crippen LogP contribution in [0.2, 0.25) is 0 Å². The Balaban J connectivity index is 2.31. The molecule has 0 aliphatic heterocycles. The number of hydrogen-bond acceptors (Lipinski definition) is 3. The van der Waals surface area contributed by atoms with Crippen LogP contribution in [0.1, 0.15) is 58.3 Å². The predicted molar refractivity (Wildman–Crippen MR) is 89.7 cm³/mol. The highest BCUT2D eigenvalue weighted by Crippen LogP contribution is 2.22. The molecule has 1 aliphatic carbocycles. The Kier molecular flexibility index (Phi) is 9.13. The molecule has 22 heavy (non-hydrogen) atoms. The molecule has 0 unspecified atom stereocenters. The molecule has 0 heterocycles. The molecule has 2 amide bonds. The van der Waals surface area contributed by atoms with Gasteiger partial charge in [0.25, 0.3) is 0 Å². The minimum Gasteiger partial charge on any atom is -0.356 e. The number of carbonyl (C=O) groups excluding carboxylic acids is 2. The minimum atomic E-state index is 0.0543. The summed E-state index contributed by atoms with van der Waals surface area (Å²) in [4.78, 5) is 27.8. The Morgan fingerprint density at radius 1 is 1.05 bits per heavy atom. The van der Waals surface area contributed by atoms with Crippen molar-refractivity contribution in [3.63, 3.8) is 0 Å². The van der Waals surface area contributed by atoms with Gasteiger partial charge in [0.05, 0.1) is 0 Å². The van der Waals surface area contributed by atoms with Gasteiger partial charge in [-0.15, -0.1) is 0 Å². The number of amides is 2. The molecular weight excluding hydrogens is 278 g/mol. The highest BCUT2D eigenvalue weighted by Gasteiger charge is 2.22. The zero-order valence-corrected chi connectivity index (χ0v) is 14.6. The smallest absolute Gasteiger partial charge is 0.221 e. The molecule has 0 bridgehead atoms. The van der Waals surface area contributed by atoms with Crippen LogP contribution >= 0.6 is 0 Å². The first-order valence-electron chi connectivity index (χ1n) is 8.69. The normalized spacial score (nSPS) is 16.4. The maximum Gasteiger partial charge on any atom is 0.221 e. The minimum absolute atomic E-state index is 0.0543. The first kappa shape index (κ1) is 18.9. The summed E-state index contributed by atoms with van der Waals surface area (Å²) < 4.78 is 0. The van der Waals surface area contributed by atoms with Gasteiger partial charge >= 0.3 is 0 Å². The average molecular weight is 311 g/mol. The summed E-state index contributed by atoms with van der Waals surface area (Å²) >= 11 is 0. The summed E-state index contributed by atoms with van der Waals surface area (Å²) in [5.74, 6) is 0.158. The molecule has 1 fully saturated rings. The van der Waals surface area contributed by atoms with Crippen LogP contribution in [-0.4, -0.2) is 61.4 Å². The molecular formula is C17H33N3O2. The Labute approximate surface area is 135 Å². The van der Waals surface area contributed by atoms with Gasteiger partial charge in [-0.2, -0.15) is 0 Å². The third-order valence-corrected chi connectivity index (χ3v) is 4.35. The summed E-state index contributed by atoms with van der Waals surface area (Å²) in [6.45, 7) is 3.86. The van der Waals surface area contributed by atoms with Crippen molar-refractivity contribution in [2.24, 2.45) is 0 Å². The van der Waals surface area contributed by atoms with E-state index in [9.17, 15) is 9.59 Å². The van der Waals surface area contributed by atoms with E-state index in [4.69, 9.17) is 0 Å². The molecule has 128 valence electrons. The molecule has 0 aromatic carbocycles. The zero-order chi connectivity index (χ0) is 16.4. The van der Waals surface area contributed by atoms with Gasteiger partial charge < -0.3 is 15.1 Å². The summed E-state index contributed by atoms with van der Waals surface area (Å²) in [5, 5.41) is 2.94. The van der Waals surface area contributed by atoms with Gasteiger partial charge in [-0.1, -0.05) is 25.7 Å². The Hall–Kier alpha value is -1.10. The Morgan fingerprint density at radius 3 is 2.23 bits per heavy atom. The quantitative estimate of drug-likeness (QED) is 0.551. The molecule has 0 radical (unpaired) electrons. The first-order chi connectivity index (χ1) is 10.5. The van der Waals surface area contributed by atoms with Gasteiger partial charge in [-0.25, -0.2) is 0 Å². The third-order valence-electron chi connectivity index (χ3n) is 4.35. The van der Waals surface area contributed by atoms with Crippen molar-refractivity contribution in [1.29, 1.82) is 0 Å². The zero-order valence-electron chi connectivity index (χ0n) is 14.6. The van der Waals surface area contributed by atoms with Crippen molar-refractivity contribution in [3.05, 3.63) is 0 Å². The molecule has 5 heteroatoms. The van der Waals surface area contributed by atoms with Crippen molar-refractivity contribution >= 4 is 11.8 Å². The van der Waals surface area contributed by atoms with Crippen molar-refractivity contribution in [2.45, 2.75) is 64.3 Å². The largest absolute Gasteiger partial charge is 0.356 e. The van der Waals surface area contributed by atoms with Gasteiger partial charge in [0.15, 0.2) is 0 Å². The van der Waals surface area contributed by atoms with Crippen LogP contribution in [0, 0.1) is 0 Å². The second kappa shape index (κ2) is 10.6. The van der Waals surface area contributed by atoms with E-state index < -0.39 is 0 Å². The van der Waals surface area contributed by atoms with Crippen LogP contribution in [0.5, 0.6) is 0 Å². The molecule has 5 nitrogen and oxygen atoms in total. The molecule has 0 aromatic rings. The summed E-state index contributed by atoms with van der Waals surface area (Å²) in [5.41, 5.74) is 0. The fourth-order valence-corrected chi connectivity index (χ4v) is 3.10. The molecule has 1 rings (SSSR count). The maximum atomic E-state index is 11.9. The van der Waals surface area contributed by atoms with E-state index in [1.54, 1.807) is 6.92 Å². The number of nitrogens with one attached hydrogen (secondary N) is 1. The molecule has 0 aromatic heterocycles. The lowest BCUT2D eigenvalue weighted by Gasteiger charge is -2.30.